The monoisotopic (exact) mass is 473 g/mol. The van der Waals surface area contributed by atoms with Crippen molar-refractivity contribution in [3.05, 3.63) is 71.9 Å². The van der Waals surface area contributed by atoms with Gasteiger partial charge in [0.15, 0.2) is 0 Å². The van der Waals surface area contributed by atoms with Crippen molar-refractivity contribution in [1.82, 2.24) is 14.6 Å². The molecule has 1 atom stereocenters. The van der Waals surface area contributed by atoms with Crippen molar-refractivity contribution in [1.29, 1.82) is 0 Å². The molecule has 0 spiro atoms. The molecule has 0 fully saturated rings. The molecule has 0 saturated heterocycles. The number of benzene rings is 2. The molecular weight excluding hydrogens is 450 g/mol. The highest BCUT2D eigenvalue weighted by Crippen LogP contribution is 2.23. The quantitative estimate of drug-likeness (QED) is 0.428. The maximum Gasteiger partial charge on any atom is 0.408 e. The number of carboxylic acid groups (broad SMARTS) is 1. The smallest absolute Gasteiger partial charge is 0.408 e. The average molecular weight is 474 g/mol. The summed E-state index contributed by atoms with van der Waals surface area (Å²) in [5.74, 6) is -1.99. The summed E-state index contributed by atoms with van der Waals surface area (Å²) in [5.41, 5.74) is 1.94. The number of carbonyl (C=O) groups is 3. The molecule has 11 heteroatoms. The first-order valence-electron chi connectivity index (χ1n) is 9.90. The first-order valence-corrected chi connectivity index (χ1v) is 11.8. The SMILES string of the molecule is CS(=O)(=O)NC(=O)Cn1cc(CC(NC(=O)OCc2ccccc2)C(=O)O)c2ccccc21. The second kappa shape index (κ2) is 10.2. The van der Waals surface area contributed by atoms with Crippen molar-refractivity contribution in [2.24, 2.45) is 0 Å². The Labute approximate surface area is 190 Å². The summed E-state index contributed by atoms with van der Waals surface area (Å²) >= 11 is 0. The van der Waals surface area contributed by atoms with Crippen molar-refractivity contribution in [3.8, 4) is 0 Å². The molecule has 1 aromatic heterocycles. The number of amides is 2. The van der Waals surface area contributed by atoms with E-state index in [1.807, 2.05) is 10.8 Å². The maximum atomic E-state index is 12.2. The molecule has 3 rings (SSSR count). The summed E-state index contributed by atoms with van der Waals surface area (Å²) in [6, 6.07) is 14.7. The van der Waals surface area contributed by atoms with Crippen LogP contribution in [0.25, 0.3) is 10.9 Å². The van der Waals surface area contributed by atoms with Gasteiger partial charge in [0.05, 0.1) is 6.26 Å². The Morgan fingerprint density at radius 2 is 1.73 bits per heavy atom. The third-order valence-electron chi connectivity index (χ3n) is 4.71. The summed E-state index contributed by atoms with van der Waals surface area (Å²) in [7, 11) is -3.71. The minimum Gasteiger partial charge on any atom is -0.480 e. The number of nitrogens with zero attached hydrogens (tertiary/aromatic N) is 1. The number of aliphatic carboxylic acids is 1. The Kier molecular flexibility index (Phi) is 7.34. The van der Waals surface area contributed by atoms with Gasteiger partial charge in [0, 0.05) is 23.5 Å². The molecule has 33 heavy (non-hydrogen) atoms. The second-order valence-electron chi connectivity index (χ2n) is 7.40. The Morgan fingerprint density at radius 1 is 1.06 bits per heavy atom. The fourth-order valence-corrected chi connectivity index (χ4v) is 3.82. The lowest BCUT2D eigenvalue weighted by atomic mass is 10.1. The normalized spacial score (nSPS) is 12.2. The van der Waals surface area contributed by atoms with Crippen LogP contribution in [0.1, 0.15) is 11.1 Å². The minimum absolute atomic E-state index is 0.00618. The van der Waals surface area contributed by atoms with E-state index in [0.29, 0.717) is 16.5 Å². The highest BCUT2D eigenvalue weighted by Gasteiger charge is 2.24. The van der Waals surface area contributed by atoms with E-state index in [1.54, 1.807) is 54.7 Å². The van der Waals surface area contributed by atoms with Gasteiger partial charge in [-0.1, -0.05) is 48.5 Å². The van der Waals surface area contributed by atoms with Gasteiger partial charge < -0.3 is 19.7 Å². The zero-order valence-corrected chi connectivity index (χ0v) is 18.5. The van der Waals surface area contributed by atoms with E-state index in [1.165, 1.54) is 4.57 Å². The van der Waals surface area contributed by atoms with Gasteiger partial charge in [0.1, 0.15) is 19.2 Å². The van der Waals surface area contributed by atoms with Crippen LogP contribution in [0.3, 0.4) is 0 Å². The molecular formula is C22H23N3O7S. The number of nitrogens with one attached hydrogen (secondary N) is 2. The zero-order chi connectivity index (χ0) is 24.0. The molecule has 1 heterocycles. The maximum absolute atomic E-state index is 12.2. The van der Waals surface area contributed by atoms with Gasteiger partial charge in [-0.15, -0.1) is 0 Å². The molecule has 10 nitrogen and oxygen atoms in total. The molecule has 174 valence electrons. The topological polar surface area (TPSA) is 144 Å². The number of aromatic nitrogens is 1. The third-order valence-corrected chi connectivity index (χ3v) is 5.31. The zero-order valence-electron chi connectivity index (χ0n) is 17.7. The Balaban J connectivity index is 1.74. The predicted molar refractivity (Wildman–Crippen MR) is 120 cm³/mol. The molecule has 0 aliphatic carbocycles. The van der Waals surface area contributed by atoms with E-state index in [0.717, 1.165) is 11.8 Å². The fraction of sp³-hybridized carbons (Fsp3) is 0.227. The van der Waals surface area contributed by atoms with Gasteiger partial charge in [-0.2, -0.15) is 0 Å². The van der Waals surface area contributed by atoms with E-state index in [9.17, 15) is 27.9 Å². The number of para-hydroxylation sites is 1. The van der Waals surface area contributed by atoms with E-state index in [2.05, 4.69) is 5.32 Å². The van der Waals surface area contributed by atoms with Crippen molar-refractivity contribution in [3.63, 3.8) is 0 Å². The number of ether oxygens (including phenoxy) is 1. The summed E-state index contributed by atoms with van der Waals surface area (Å²) in [6.07, 6.45) is 1.50. The largest absolute Gasteiger partial charge is 0.480 e. The van der Waals surface area contributed by atoms with Crippen LogP contribution in [-0.2, 0) is 43.9 Å². The van der Waals surface area contributed by atoms with Crippen molar-refractivity contribution < 1.29 is 32.6 Å². The molecule has 1 unspecified atom stereocenters. The lowest BCUT2D eigenvalue weighted by Crippen LogP contribution is -2.42. The summed E-state index contributed by atoms with van der Waals surface area (Å²) in [4.78, 5) is 36.0. The van der Waals surface area contributed by atoms with E-state index >= 15 is 0 Å². The number of alkyl carbamates (subject to hydrolysis) is 1. The van der Waals surface area contributed by atoms with Crippen LogP contribution < -0.4 is 10.0 Å². The number of fused-ring (bicyclic) bond motifs is 1. The molecule has 2 amide bonds. The molecule has 0 bridgehead atoms. The summed E-state index contributed by atoms with van der Waals surface area (Å²) < 4.78 is 31.2. The minimum atomic E-state index is -3.71. The van der Waals surface area contributed by atoms with E-state index < -0.39 is 34.0 Å². The Hall–Kier alpha value is -3.86. The van der Waals surface area contributed by atoms with Crippen LogP contribution in [0.15, 0.2) is 60.8 Å². The number of carbonyl (C=O) groups excluding carboxylic acids is 2. The van der Waals surface area contributed by atoms with Crippen molar-refractivity contribution in [2.45, 2.75) is 25.6 Å². The molecule has 0 radical (unpaired) electrons. The second-order valence-corrected chi connectivity index (χ2v) is 9.15. The van der Waals surface area contributed by atoms with Gasteiger partial charge >= 0.3 is 12.1 Å². The highest BCUT2D eigenvalue weighted by molar-refractivity contribution is 7.89. The number of carboxylic acids is 1. The first kappa shape index (κ1) is 23.8. The standard InChI is InChI=1S/C22H23N3O7S/c1-33(30,31)24-20(26)13-25-12-16(17-9-5-6-10-19(17)25)11-18(21(27)28)23-22(29)32-14-15-7-3-2-4-8-15/h2-10,12,18H,11,13-14H2,1H3,(H,23,29)(H,24,26)(H,27,28). The lowest BCUT2D eigenvalue weighted by molar-refractivity contribution is -0.139. The number of rotatable bonds is 9. The molecule has 0 aliphatic rings. The van der Waals surface area contributed by atoms with Crippen LogP contribution >= 0.6 is 0 Å². The van der Waals surface area contributed by atoms with Gasteiger partial charge in [0.25, 0.3) is 5.91 Å². The van der Waals surface area contributed by atoms with Gasteiger partial charge in [-0.25, -0.2) is 18.0 Å². The van der Waals surface area contributed by atoms with Crippen LogP contribution in [0.2, 0.25) is 0 Å². The number of hydrogen-bond acceptors (Lipinski definition) is 6. The first-order chi connectivity index (χ1) is 15.6. The number of hydrogen-bond donors (Lipinski definition) is 3. The van der Waals surface area contributed by atoms with Crippen molar-refractivity contribution in [2.75, 3.05) is 6.26 Å². The van der Waals surface area contributed by atoms with Crippen LogP contribution in [0, 0.1) is 0 Å². The molecule has 3 N–H and O–H groups in total. The van der Waals surface area contributed by atoms with Crippen LogP contribution in [-0.4, -0.2) is 48.4 Å². The third kappa shape index (κ3) is 6.81. The van der Waals surface area contributed by atoms with Gasteiger partial charge in [0.2, 0.25) is 10.0 Å². The van der Waals surface area contributed by atoms with Crippen LogP contribution in [0.4, 0.5) is 4.79 Å². The van der Waals surface area contributed by atoms with Gasteiger partial charge in [-0.3, -0.25) is 9.52 Å². The summed E-state index contributed by atoms with van der Waals surface area (Å²) in [5, 5.41) is 12.6. The molecule has 3 aromatic rings. The highest BCUT2D eigenvalue weighted by atomic mass is 32.2. The molecule has 0 aliphatic heterocycles. The van der Waals surface area contributed by atoms with Crippen LogP contribution in [0.5, 0.6) is 0 Å². The summed E-state index contributed by atoms with van der Waals surface area (Å²) in [6.45, 7) is -0.286. The Bertz CT molecular complexity index is 1270. The Morgan fingerprint density at radius 3 is 2.39 bits per heavy atom. The van der Waals surface area contributed by atoms with Crippen molar-refractivity contribution >= 4 is 38.9 Å². The predicted octanol–water partition coefficient (Wildman–Crippen LogP) is 1.64. The lowest BCUT2D eigenvalue weighted by Gasteiger charge is -2.14. The fourth-order valence-electron chi connectivity index (χ4n) is 3.34. The average Bonchev–Trinajstić information content (AvgIpc) is 3.08. The molecule has 2 aromatic carbocycles. The van der Waals surface area contributed by atoms with E-state index in [4.69, 9.17) is 4.74 Å². The molecule has 0 saturated carbocycles. The van der Waals surface area contributed by atoms with E-state index in [-0.39, 0.29) is 19.6 Å². The number of sulfonamides is 1. The van der Waals surface area contributed by atoms with Gasteiger partial charge in [-0.05, 0) is 17.2 Å².